The molecule has 2 aliphatic heterocycles. The van der Waals surface area contributed by atoms with Crippen LogP contribution in [0.1, 0.15) is 94.4 Å². The van der Waals surface area contributed by atoms with Crippen molar-refractivity contribution in [1.29, 1.82) is 0 Å². The third kappa shape index (κ3) is 10.7. The number of likely N-dealkylation sites (N-methyl/N-ethyl adjacent to an activating group) is 1. The van der Waals surface area contributed by atoms with E-state index in [2.05, 4.69) is 5.32 Å². The Morgan fingerprint density at radius 3 is 2.24 bits per heavy atom. The minimum atomic E-state index is -1.95. The van der Waals surface area contributed by atoms with Crippen molar-refractivity contribution in [3.63, 3.8) is 0 Å². The number of ketones is 1. The highest BCUT2D eigenvalue weighted by Gasteiger charge is 2.52. The van der Waals surface area contributed by atoms with Gasteiger partial charge in [0.2, 0.25) is 5.91 Å². The van der Waals surface area contributed by atoms with Crippen LogP contribution in [0.5, 0.6) is 0 Å². The van der Waals surface area contributed by atoms with Crippen LogP contribution in [0.15, 0.2) is 0 Å². The van der Waals surface area contributed by atoms with Crippen LogP contribution in [0.2, 0.25) is 0 Å². The number of ether oxygens (including phenoxy) is 5. The molecule has 4 N–H and O–H groups in total. The summed E-state index contributed by atoms with van der Waals surface area (Å²) in [5.74, 6) is -4.77. The monoisotopic (exact) mass is 702 g/mol. The lowest BCUT2D eigenvalue weighted by atomic mass is 9.74. The molecule has 2 fully saturated rings. The number of nitrogens with zero attached hydrogens (tertiary/aromatic N) is 1. The summed E-state index contributed by atoms with van der Waals surface area (Å²) >= 11 is 0. The first-order chi connectivity index (χ1) is 22.8. The number of carbonyl (C=O) groups is 3. The van der Waals surface area contributed by atoms with Crippen molar-refractivity contribution in [2.45, 2.75) is 155 Å². The van der Waals surface area contributed by atoms with E-state index in [-0.39, 0.29) is 43.3 Å². The number of nitrogens with one attached hydrogen (secondary N) is 1. The van der Waals surface area contributed by atoms with E-state index in [1.807, 2.05) is 39.8 Å². The number of carbonyl (C=O) groups excluding carboxylic acids is 3. The lowest BCUT2D eigenvalue weighted by Crippen LogP contribution is -2.60. The maximum Gasteiger partial charge on any atom is 0.311 e. The van der Waals surface area contributed by atoms with E-state index in [1.165, 1.54) is 14.0 Å². The molecule has 2 rings (SSSR count). The van der Waals surface area contributed by atoms with E-state index >= 15 is 0 Å². The van der Waals surface area contributed by atoms with Gasteiger partial charge >= 0.3 is 5.97 Å². The molecule has 0 bridgehead atoms. The fourth-order valence-corrected chi connectivity index (χ4v) is 7.50. The quantitative estimate of drug-likeness (QED) is 0.183. The summed E-state index contributed by atoms with van der Waals surface area (Å²) in [5.41, 5.74) is -3.18. The number of hydrogen-bond acceptors (Lipinski definition) is 12. The van der Waals surface area contributed by atoms with E-state index in [0.29, 0.717) is 13.0 Å². The second kappa shape index (κ2) is 18.7. The number of cyclic esters (lactones) is 1. The Bertz CT molecular complexity index is 1070. The molecule has 13 nitrogen and oxygen atoms in total. The van der Waals surface area contributed by atoms with Crippen LogP contribution in [0.25, 0.3) is 0 Å². The Morgan fingerprint density at radius 1 is 1.06 bits per heavy atom. The molecule has 0 spiro atoms. The SMILES string of the molecule is CCCCNC(=O)CO[C@H]1[C@H](C)[C@@H](O[C@@H]2O[C@H](C)C[C@H](N(C)C)[C@H]2O)[C@@](C)(OC)C[C@@H](C)C(=O)[C@H](C)[C@@H](O)[C@](C)(O)[C@@H](CC)OC(=O)[C@@H]1C. The molecule has 0 radical (unpaired) electrons. The highest BCUT2D eigenvalue weighted by molar-refractivity contribution is 5.83. The van der Waals surface area contributed by atoms with Gasteiger partial charge in [-0.1, -0.05) is 41.0 Å². The average Bonchev–Trinajstić information content (AvgIpc) is 3.05. The smallest absolute Gasteiger partial charge is 0.311 e. The molecule has 2 saturated heterocycles. The van der Waals surface area contributed by atoms with Crippen LogP contribution in [0, 0.1) is 23.7 Å². The third-order valence-corrected chi connectivity index (χ3v) is 10.7. The second-order valence-corrected chi connectivity index (χ2v) is 15.1. The molecule has 0 aromatic carbocycles. The van der Waals surface area contributed by atoms with Gasteiger partial charge in [0.1, 0.15) is 30.2 Å². The van der Waals surface area contributed by atoms with Crippen molar-refractivity contribution in [2.75, 3.05) is 34.4 Å². The average molecular weight is 703 g/mol. The highest BCUT2D eigenvalue weighted by Crippen LogP contribution is 2.40. The van der Waals surface area contributed by atoms with E-state index in [0.717, 1.165) is 12.8 Å². The van der Waals surface area contributed by atoms with Crippen LogP contribution in [0.3, 0.4) is 0 Å². The van der Waals surface area contributed by atoms with Gasteiger partial charge in [-0.15, -0.1) is 0 Å². The normalized spacial score (nSPS) is 41.6. The number of Topliss-reactive ketones (excluding diaryl/α,β-unsaturated/α-hetero) is 1. The number of amides is 1. The van der Waals surface area contributed by atoms with E-state index in [9.17, 15) is 29.7 Å². The molecule has 0 aliphatic carbocycles. The zero-order chi connectivity index (χ0) is 37.4. The summed E-state index contributed by atoms with van der Waals surface area (Å²) in [7, 11) is 5.24. The standard InChI is InChI=1S/C36H66N2O11/c1-13-15-16-37-27(39)19-46-30-23(6)32(49-34-29(41)25(38(10)11)17-21(4)47-34)35(8,45-12)18-20(3)28(40)22(5)31(42)36(9,44)26(14-2)48-33(43)24(30)7/h20-26,29-32,34,41-42,44H,13-19H2,1-12H3,(H,37,39)/t20-,21-,22+,23+,24-,25+,26-,29-,30+,31-,32-,34+,35+,36-/m1/s1. The van der Waals surface area contributed by atoms with Crippen molar-refractivity contribution in [3.05, 3.63) is 0 Å². The Balaban J connectivity index is 2.72. The van der Waals surface area contributed by atoms with Gasteiger partial charge in [-0.2, -0.15) is 0 Å². The van der Waals surface area contributed by atoms with E-state index in [4.69, 9.17) is 23.7 Å². The van der Waals surface area contributed by atoms with Gasteiger partial charge in [-0.25, -0.2) is 0 Å². The maximum absolute atomic E-state index is 13.9. The summed E-state index contributed by atoms with van der Waals surface area (Å²) in [6.07, 6.45) is -4.47. The largest absolute Gasteiger partial charge is 0.459 e. The molecule has 1 amide bonds. The van der Waals surface area contributed by atoms with Crippen molar-refractivity contribution in [1.82, 2.24) is 10.2 Å². The number of esters is 1. The first-order valence-electron chi connectivity index (χ1n) is 18.0. The minimum absolute atomic E-state index is 0.117. The Hall–Kier alpha value is -1.71. The van der Waals surface area contributed by atoms with Gasteiger partial charge in [0.25, 0.3) is 0 Å². The number of aliphatic hydroxyl groups is 3. The molecule has 2 heterocycles. The molecule has 49 heavy (non-hydrogen) atoms. The molecule has 286 valence electrons. The van der Waals surface area contributed by atoms with Gasteiger partial charge < -0.3 is 49.2 Å². The van der Waals surface area contributed by atoms with Crippen LogP contribution < -0.4 is 5.32 Å². The van der Waals surface area contributed by atoms with Crippen LogP contribution >= 0.6 is 0 Å². The number of methoxy groups -OCH3 is 1. The van der Waals surface area contributed by atoms with E-state index in [1.54, 1.807) is 34.6 Å². The van der Waals surface area contributed by atoms with Gasteiger partial charge in [-0.05, 0) is 67.5 Å². The number of unbranched alkanes of at least 4 members (excludes halogenated alkanes) is 1. The molecule has 0 saturated carbocycles. The topological polar surface area (TPSA) is 173 Å². The van der Waals surface area contributed by atoms with Crippen molar-refractivity contribution >= 4 is 17.7 Å². The molecule has 0 aromatic heterocycles. The summed E-state index contributed by atoms with van der Waals surface area (Å²) in [6.45, 7) is 15.6. The predicted molar refractivity (Wildman–Crippen MR) is 183 cm³/mol. The van der Waals surface area contributed by atoms with Crippen molar-refractivity contribution in [2.24, 2.45) is 23.7 Å². The highest BCUT2D eigenvalue weighted by atomic mass is 16.7. The lowest BCUT2D eigenvalue weighted by molar-refractivity contribution is -0.302. The fraction of sp³-hybridized carbons (Fsp3) is 0.917. The molecule has 0 unspecified atom stereocenters. The molecule has 14 atom stereocenters. The number of rotatable bonds is 11. The summed E-state index contributed by atoms with van der Waals surface area (Å²) in [6, 6.07) is -0.272. The second-order valence-electron chi connectivity index (χ2n) is 15.1. The van der Waals surface area contributed by atoms with Crippen molar-refractivity contribution in [3.8, 4) is 0 Å². The Kier molecular flexibility index (Phi) is 16.6. The van der Waals surface area contributed by atoms with Gasteiger partial charge in [-0.3, -0.25) is 14.4 Å². The van der Waals surface area contributed by atoms with Crippen molar-refractivity contribution < 1.29 is 53.4 Å². The summed E-state index contributed by atoms with van der Waals surface area (Å²) in [4.78, 5) is 42.5. The number of aliphatic hydroxyl groups excluding tert-OH is 2. The first kappa shape index (κ1) is 43.5. The van der Waals surface area contributed by atoms with Gasteiger partial charge in [0.15, 0.2) is 6.29 Å². The van der Waals surface area contributed by atoms with Crippen LogP contribution in [0.4, 0.5) is 0 Å². The predicted octanol–water partition coefficient (Wildman–Crippen LogP) is 2.46. The molecule has 0 aromatic rings. The summed E-state index contributed by atoms with van der Waals surface area (Å²) < 4.78 is 31.2. The number of hydrogen-bond donors (Lipinski definition) is 4. The Labute approximate surface area is 293 Å². The van der Waals surface area contributed by atoms with Gasteiger partial charge in [0.05, 0.1) is 35.9 Å². The minimum Gasteiger partial charge on any atom is -0.459 e. The molecule has 2 aliphatic rings. The zero-order valence-electron chi connectivity index (χ0n) is 31.9. The molecular weight excluding hydrogens is 636 g/mol. The lowest BCUT2D eigenvalue weighted by Gasteiger charge is -2.48. The zero-order valence-corrected chi connectivity index (χ0v) is 31.9. The van der Waals surface area contributed by atoms with Gasteiger partial charge in [0, 0.05) is 37.5 Å². The maximum atomic E-state index is 13.9. The molecular formula is C36H66N2O11. The fourth-order valence-electron chi connectivity index (χ4n) is 7.50. The first-order valence-corrected chi connectivity index (χ1v) is 18.0. The third-order valence-electron chi connectivity index (χ3n) is 10.7. The van der Waals surface area contributed by atoms with Crippen LogP contribution in [-0.4, -0.2) is 132 Å². The molecule has 13 heteroatoms. The Morgan fingerprint density at radius 2 is 1.69 bits per heavy atom. The van der Waals surface area contributed by atoms with Crippen LogP contribution in [-0.2, 0) is 38.1 Å². The van der Waals surface area contributed by atoms with E-state index < -0.39 is 77.7 Å². The summed E-state index contributed by atoms with van der Waals surface area (Å²) in [5, 5.41) is 37.1.